The average Bonchev–Trinajstić information content (AvgIpc) is 3.05. The number of amides is 1. The Hall–Kier alpha value is -1.88. The van der Waals surface area contributed by atoms with E-state index < -0.39 is 5.54 Å². The molecule has 8 heteroatoms. The van der Waals surface area contributed by atoms with E-state index in [0.717, 1.165) is 31.4 Å². The van der Waals surface area contributed by atoms with Crippen LogP contribution in [0, 0.1) is 17.2 Å². The maximum atomic E-state index is 12.6. The smallest absolute Gasteiger partial charge is 0.235 e. The van der Waals surface area contributed by atoms with E-state index >= 15 is 0 Å². The van der Waals surface area contributed by atoms with Gasteiger partial charge < -0.3 is 5.32 Å². The number of aromatic nitrogens is 3. The van der Waals surface area contributed by atoms with Crippen molar-refractivity contribution >= 4 is 24.1 Å². The molecule has 7 nitrogen and oxygen atoms in total. The Morgan fingerprint density at radius 2 is 2.20 bits per heavy atom. The van der Waals surface area contributed by atoms with Crippen LogP contribution in [0.5, 0.6) is 0 Å². The molecule has 1 N–H and O–H groups in total. The maximum absolute atomic E-state index is 12.6. The highest BCUT2D eigenvalue weighted by Gasteiger charge is 2.47. The number of hydrogen-bond donors (Lipinski definition) is 1. The zero-order valence-electron chi connectivity index (χ0n) is 14.1. The summed E-state index contributed by atoms with van der Waals surface area (Å²) in [6.45, 7) is 0. The van der Waals surface area contributed by atoms with E-state index in [1.54, 1.807) is 10.9 Å². The SMILES string of the molecule is N#CC1(n2cc([C@@H](NC(=O)C3CC=NS3)C3CCCCC3)nn2)CC1. The van der Waals surface area contributed by atoms with Crippen molar-refractivity contribution in [2.45, 2.75) is 68.2 Å². The number of rotatable bonds is 5. The van der Waals surface area contributed by atoms with E-state index in [1.165, 1.54) is 31.2 Å². The number of carbonyl (C=O) groups excluding carboxylic acids is 1. The van der Waals surface area contributed by atoms with Crippen molar-refractivity contribution in [3.63, 3.8) is 0 Å². The second kappa shape index (κ2) is 6.79. The van der Waals surface area contributed by atoms with Crippen LogP contribution < -0.4 is 5.32 Å². The van der Waals surface area contributed by atoms with Gasteiger partial charge in [0, 0.05) is 12.6 Å². The summed E-state index contributed by atoms with van der Waals surface area (Å²) < 4.78 is 5.79. The Bertz CT molecular complexity index is 705. The molecule has 3 aliphatic rings. The minimum absolute atomic E-state index is 0.0223. The molecule has 2 atom stereocenters. The van der Waals surface area contributed by atoms with Gasteiger partial charge in [-0.2, -0.15) is 5.26 Å². The van der Waals surface area contributed by atoms with E-state index in [-0.39, 0.29) is 17.2 Å². The van der Waals surface area contributed by atoms with E-state index in [2.05, 4.69) is 26.1 Å². The van der Waals surface area contributed by atoms with E-state index in [1.807, 2.05) is 6.20 Å². The van der Waals surface area contributed by atoms with Gasteiger partial charge in [-0.25, -0.2) is 9.08 Å². The summed E-state index contributed by atoms with van der Waals surface area (Å²) in [7, 11) is 0. The predicted molar refractivity (Wildman–Crippen MR) is 94.8 cm³/mol. The topological polar surface area (TPSA) is 96.0 Å². The van der Waals surface area contributed by atoms with Gasteiger partial charge in [-0.1, -0.05) is 24.5 Å². The second-order valence-corrected chi connectivity index (χ2v) is 8.22. The van der Waals surface area contributed by atoms with E-state index in [4.69, 9.17) is 0 Å². The van der Waals surface area contributed by atoms with Crippen molar-refractivity contribution < 1.29 is 4.79 Å². The van der Waals surface area contributed by atoms with Crippen molar-refractivity contribution in [1.29, 1.82) is 5.26 Å². The minimum atomic E-state index is -0.512. The number of hydrogen-bond acceptors (Lipinski definition) is 6. The van der Waals surface area contributed by atoms with Crippen LogP contribution in [0.4, 0.5) is 0 Å². The molecule has 132 valence electrons. The fourth-order valence-corrected chi connectivity index (χ4v) is 4.39. The molecule has 1 amide bonds. The first-order valence-electron chi connectivity index (χ1n) is 9.04. The lowest BCUT2D eigenvalue weighted by atomic mass is 9.82. The molecule has 2 aliphatic carbocycles. The van der Waals surface area contributed by atoms with Crippen molar-refractivity contribution in [2.75, 3.05) is 0 Å². The van der Waals surface area contributed by atoms with Gasteiger partial charge in [-0.15, -0.1) is 5.10 Å². The van der Waals surface area contributed by atoms with Crippen LogP contribution in [0.1, 0.15) is 63.1 Å². The molecular weight excluding hydrogens is 336 g/mol. The third-order valence-corrected chi connectivity index (χ3v) is 6.43. The highest BCUT2D eigenvalue weighted by atomic mass is 32.2. The van der Waals surface area contributed by atoms with Gasteiger partial charge in [0.25, 0.3) is 0 Å². The average molecular weight is 358 g/mol. The monoisotopic (exact) mass is 358 g/mol. The number of nitriles is 1. The maximum Gasteiger partial charge on any atom is 0.235 e. The van der Waals surface area contributed by atoms with Crippen LogP contribution in [-0.2, 0) is 10.3 Å². The van der Waals surface area contributed by atoms with Crippen molar-refractivity contribution in [1.82, 2.24) is 20.3 Å². The summed E-state index contributed by atoms with van der Waals surface area (Å²) in [5.41, 5.74) is 0.271. The Labute approximate surface area is 151 Å². The van der Waals surface area contributed by atoms with E-state index in [0.29, 0.717) is 12.3 Å². The summed E-state index contributed by atoms with van der Waals surface area (Å²) in [6.07, 6.45) is 11.8. The van der Waals surface area contributed by atoms with Crippen LogP contribution in [-0.4, -0.2) is 32.4 Å². The first-order chi connectivity index (χ1) is 12.2. The van der Waals surface area contributed by atoms with Crippen LogP contribution in [0.15, 0.2) is 10.6 Å². The molecule has 1 aliphatic heterocycles. The lowest BCUT2D eigenvalue weighted by Gasteiger charge is -2.30. The predicted octanol–water partition coefficient (Wildman–Crippen LogP) is 2.52. The van der Waals surface area contributed by atoms with Gasteiger partial charge in [-0.05, 0) is 43.5 Å². The molecule has 1 unspecified atom stereocenters. The van der Waals surface area contributed by atoms with Gasteiger partial charge in [0.05, 0.1) is 18.3 Å². The lowest BCUT2D eigenvalue weighted by molar-refractivity contribution is -0.121. The fourth-order valence-electron chi connectivity index (χ4n) is 3.74. The van der Waals surface area contributed by atoms with Gasteiger partial charge in [0.2, 0.25) is 5.91 Å². The van der Waals surface area contributed by atoms with Gasteiger partial charge in [0.15, 0.2) is 5.54 Å². The molecule has 2 saturated carbocycles. The van der Waals surface area contributed by atoms with Crippen LogP contribution in [0.2, 0.25) is 0 Å². The summed E-state index contributed by atoms with van der Waals surface area (Å²) in [6, 6.07) is 2.21. The standard InChI is InChI=1S/C17H22N6OS/c18-11-17(7-8-17)23-10-13(21-22-23)15(12-4-2-1-3-5-12)20-16(24)14-6-9-19-25-14/h9-10,12,14-15H,1-8H2,(H,20,24)/t14?,15-/m0/s1. The highest BCUT2D eigenvalue weighted by Crippen LogP contribution is 2.43. The summed E-state index contributed by atoms with van der Waals surface area (Å²) >= 11 is 1.33. The number of nitrogens with zero attached hydrogens (tertiary/aromatic N) is 5. The summed E-state index contributed by atoms with van der Waals surface area (Å²) in [5.74, 6) is 0.404. The molecule has 1 aromatic rings. The first kappa shape index (κ1) is 16.6. The summed E-state index contributed by atoms with van der Waals surface area (Å²) in [5, 5.41) is 21.0. The second-order valence-electron chi connectivity index (χ2n) is 7.23. The minimum Gasteiger partial charge on any atom is -0.346 e. The fraction of sp³-hybridized carbons (Fsp3) is 0.706. The Morgan fingerprint density at radius 1 is 1.40 bits per heavy atom. The highest BCUT2D eigenvalue weighted by molar-refractivity contribution is 7.99. The molecule has 25 heavy (non-hydrogen) atoms. The Balaban J connectivity index is 1.54. The third kappa shape index (κ3) is 3.30. The molecule has 0 saturated heterocycles. The zero-order chi connectivity index (χ0) is 17.3. The zero-order valence-corrected chi connectivity index (χ0v) is 14.9. The van der Waals surface area contributed by atoms with Crippen LogP contribution >= 0.6 is 11.9 Å². The Morgan fingerprint density at radius 3 is 2.84 bits per heavy atom. The molecule has 4 rings (SSSR count). The van der Waals surface area contributed by atoms with Gasteiger partial charge in [0.1, 0.15) is 10.9 Å². The van der Waals surface area contributed by atoms with Crippen molar-refractivity contribution in [3.05, 3.63) is 11.9 Å². The number of carbonyl (C=O) groups is 1. The molecule has 0 spiro atoms. The van der Waals surface area contributed by atoms with Crippen LogP contribution in [0.25, 0.3) is 0 Å². The molecular formula is C17H22N6OS. The van der Waals surface area contributed by atoms with Crippen molar-refractivity contribution in [3.8, 4) is 6.07 Å². The molecule has 0 bridgehead atoms. The molecule has 2 heterocycles. The quantitative estimate of drug-likeness (QED) is 0.816. The normalized spacial score (nSPS) is 26.1. The van der Waals surface area contributed by atoms with E-state index in [9.17, 15) is 10.1 Å². The summed E-state index contributed by atoms with van der Waals surface area (Å²) in [4.78, 5) is 12.6. The largest absolute Gasteiger partial charge is 0.346 e. The third-order valence-electron chi connectivity index (χ3n) is 5.49. The molecule has 0 radical (unpaired) electrons. The van der Waals surface area contributed by atoms with Gasteiger partial charge >= 0.3 is 0 Å². The van der Waals surface area contributed by atoms with Crippen LogP contribution in [0.3, 0.4) is 0 Å². The lowest BCUT2D eigenvalue weighted by Crippen LogP contribution is -2.39. The first-order valence-corrected chi connectivity index (χ1v) is 9.87. The molecule has 1 aromatic heterocycles. The molecule has 0 aromatic carbocycles. The van der Waals surface area contributed by atoms with Gasteiger partial charge in [-0.3, -0.25) is 4.79 Å². The molecule has 2 fully saturated rings. The van der Waals surface area contributed by atoms with Crippen molar-refractivity contribution in [2.24, 2.45) is 10.3 Å². The Kier molecular flexibility index (Phi) is 4.50. The number of nitrogens with one attached hydrogen (secondary N) is 1.